The summed E-state index contributed by atoms with van der Waals surface area (Å²) in [6.07, 6.45) is 11.7. The average Bonchev–Trinajstić information content (AvgIpc) is 2.41. The molecular formula is C19H29N. The zero-order valence-electron chi connectivity index (χ0n) is 13.1. The van der Waals surface area contributed by atoms with Gasteiger partial charge in [-0.3, -0.25) is 0 Å². The van der Waals surface area contributed by atoms with Crippen molar-refractivity contribution in [2.75, 3.05) is 6.54 Å². The van der Waals surface area contributed by atoms with Crippen LogP contribution in [0.2, 0.25) is 0 Å². The summed E-state index contributed by atoms with van der Waals surface area (Å²) in [5.41, 5.74) is 4.41. The molecule has 0 bridgehead atoms. The molecule has 0 heterocycles. The van der Waals surface area contributed by atoms with Gasteiger partial charge in [0, 0.05) is 0 Å². The Morgan fingerprint density at radius 2 is 2.00 bits per heavy atom. The van der Waals surface area contributed by atoms with Gasteiger partial charge in [0.25, 0.3) is 0 Å². The first-order valence-electron chi connectivity index (χ1n) is 8.30. The maximum Gasteiger partial charge on any atom is 0.0536 e. The van der Waals surface area contributed by atoms with E-state index < -0.39 is 0 Å². The number of nitrogens with one attached hydrogen (secondary N) is 1. The molecule has 1 aromatic carbocycles. The smallest absolute Gasteiger partial charge is 0.0536 e. The molecule has 1 aliphatic rings. The Labute approximate surface area is 124 Å². The van der Waals surface area contributed by atoms with Gasteiger partial charge < -0.3 is 5.32 Å². The van der Waals surface area contributed by atoms with E-state index >= 15 is 0 Å². The maximum absolute atomic E-state index is 3.76. The van der Waals surface area contributed by atoms with Crippen molar-refractivity contribution in [3.63, 3.8) is 0 Å². The van der Waals surface area contributed by atoms with Gasteiger partial charge in [0.15, 0.2) is 0 Å². The summed E-state index contributed by atoms with van der Waals surface area (Å²) in [6.45, 7) is 5.52. The van der Waals surface area contributed by atoms with Crippen molar-refractivity contribution >= 4 is 0 Å². The lowest BCUT2D eigenvalue weighted by molar-refractivity contribution is 0.540. The Morgan fingerprint density at radius 1 is 1.15 bits per heavy atom. The van der Waals surface area contributed by atoms with Crippen LogP contribution in [0.3, 0.4) is 0 Å². The summed E-state index contributed by atoms with van der Waals surface area (Å²) in [5, 5.41) is 3.76. The Hall–Kier alpha value is -1.08. The fourth-order valence-electron chi connectivity index (χ4n) is 3.08. The SMILES string of the molecule is CCCNC(/C1=C/CCCCCC1)c1cccc(C)c1. The van der Waals surface area contributed by atoms with Crippen LogP contribution >= 0.6 is 0 Å². The molecular weight excluding hydrogens is 242 g/mol. The van der Waals surface area contributed by atoms with E-state index in [0.717, 1.165) is 6.54 Å². The Kier molecular flexibility index (Phi) is 6.32. The van der Waals surface area contributed by atoms with Gasteiger partial charge in [-0.15, -0.1) is 0 Å². The molecule has 0 saturated heterocycles. The molecule has 0 spiro atoms. The van der Waals surface area contributed by atoms with Crippen LogP contribution in [0.5, 0.6) is 0 Å². The van der Waals surface area contributed by atoms with Crippen molar-refractivity contribution in [2.45, 2.75) is 64.8 Å². The molecule has 2 rings (SSSR count). The highest BCUT2D eigenvalue weighted by atomic mass is 14.9. The van der Waals surface area contributed by atoms with Gasteiger partial charge in [0.2, 0.25) is 0 Å². The summed E-state index contributed by atoms with van der Waals surface area (Å²) in [4.78, 5) is 0. The standard InChI is InChI=1S/C19H29N/c1-3-14-20-19(18-13-9-10-16(2)15-18)17-11-7-5-4-6-8-12-17/h9-11,13,15,19-20H,3-8,12,14H2,1-2H3/b17-11+. The van der Waals surface area contributed by atoms with Crippen molar-refractivity contribution in [3.8, 4) is 0 Å². The lowest BCUT2D eigenvalue weighted by Crippen LogP contribution is -2.24. The lowest BCUT2D eigenvalue weighted by Gasteiger charge is -2.24. The second kappa shape index (κ2) is 8.26. The second-order valence-corrected chi connectivity index (χ2v) is 6.03. The van der Waals surface area contributed by atoms with Crippen LogP contribution < -0.4 is 5.32 Å². The molecule has 1 atom stereocenters. The van der Waals surface area contributed by atoms with E-state index in [1.807, 2.05) is 0 Å². The predicted octanol–water partition coefficient (Wildman–Crippen LogP) is 5.32. The minimum Gasteiger partial charge on any atom is -0.307 e. The van der Waals surface area contributed by atoms with Crippen molar-refractivity contribution in [1.29, 1.82) is 0 Å². The number of benzene rings is 1. The summed E-state index contributed by atoms with van der Waals surface area (Å²) in [6, 6.07) is 9.42. The molecule has 0 radical (unpaired) electrons. The van der Waals surface area contributed by atoms with Crippen LogP contribution in [0.25, 0.3) is 0 Å². The zero-order chi connectivity index (χ0) is 14.2. The maximum atomic E-state index is 3.76. The van der Waals surface area contributed by atoms with E-state index in [2.05, 4.69) is 49.5 Å². The number of allylic oxidation sites excluding steroid dienone is 1. The normalized spacial score (nSPS) is 20.6. The van der Waals surface area contributed by atoms with Gasteiger partial charge in [-0.05, 0) is 51.1 Å². The molecule has 0 aromatic heterocycles. The molecule has 1 unspecified atom stereocenters. The fourth-order valence-corrected chi connectivity index (χ4v) is 3.08. The molecule has 1 aliphatic carbocycles. The first-order chi connectivity index (χ1) is 9.81. The third-order valence-electron chi connectivity index (χ3n) is 4.17. The minimum absolute atomic E-state index is 0.424. The van der Waals surface area contributed by atoms with Gasteiger partial charge in [-0.25, -0.2) is 0 Å². The monoisotopic (exact) mass is 271 g/mol. The summed E-state index contributed by atoms with van der Waals surface area (Å²) in [7, 11) is 0. The fraction of sp³-hybridized carbons (Fsp3) is 0.579. The van der Waals surface area contributed by atoms with E-state index in [1.54, 1.807) is 5.57 Å². The topological polar surface area (TPSA) is 12.0 Å². The van der Waals surface area contributed by atoms with E-state index in [9.17, 15) is 0 Å². The number of aryl methyl sites for hydroxylation is 1. The Morgan fingerprint density at radius 3 is 2.80 bits per heavy atom. The van der Waals surface area contributed by atoms with E-state index in [-0.39, 0.29) is 0 Å². The number of rotatable bonds is 5. The summed E-state index contributed by atoms with van der Waals surface area (Å²) < 4.78 is 0. The van der Waals surface area contributed by atoms with Gasteiger partial charge in [-0.1, -0.05) is 61.2 Å². The molecule has 110 valence electrons. The van der Waals surface area contributed by atoms with Gasteiger partial charge in [0.1, 0.15) is 0 Å². The van der Waals surface area contributed by atoms with Crippen LogP contribution in [0, 0.1) is 6.92 Å². The van der Waals surface area contributed by atoms with Crippen LogP contribution in [-0.2, 0) is 0 Å². The Bertz CT molecular complexity index is 433. The summed E-state index contributed by atoms with van der Waals surface area (Å²) in [5.74, 6) is 0. The predicted molar refractivity (Wildman–Crippen MR) is 88.0 cm³/mol. The third-order valence-corrected chi connectivity index (χ3v) is 4.17. The molecule has 0 saturated carbocycles. The zero-order valence-corrected chi connectivity index (χ0v) is 13.1. The highest BCUT2D eigenvalue weighted by molar-refractivity contribution is 5.31. The van der Waals surface area contributed by atoms with Crippen molar-refractivity contribution in [3.05, 3.63) is 47.0 Å². The van der Waals surface area contributed by atoms with Crippen LogP contribution in [-0.4, -0.2) is 6.54 Å². The lowest BCUT2D eigenvalue weighted by atomic mass is 9.90. The number of hydrogen-bond acceptors (Lipinski definition) is 1. The molecule has 0 aliphatic heterocycles. The van der Waals surface area contributed by atoms with Crippen molar-refractivity contribution < 1.29 is 0 Å². The number of hydrogen-bond donors (Lipinski definition) is 1. The summed E-state index contributed by atoms with van der Waals surface area (Å²) >= 11 is 0. The molecule has 1 heteroatoms. The quantitative estimate of drug-likeness (QED) is 0.715. The van der Waals surface area contributed by atoms with E-state index in [1.165, 1.54) is 56.1 Å². The largest absolute Gasteiger partial charge is 0.307 e. The van der Waals surface area contributed by atoms with Crippen molar-refractivity contribution in [1.82, 2.24) is 5.32 Å². The van der Waals surface area contributed by atoms with Crippen molar-refractivity contribution in [2.24, 2.45) is 0 Å². The molecule has 1 N–H and O–H groups in total. The first kappa shape index (κ1) is 15.3. The molecule has 1 aromatic rings. The molecule has 0 fully saturated rings. The van der Waals surface area contributed by atoms with Gasteiger partial charge >= 0.3 is 0 Å². The van der Waals surface area contributed by atoms with E-state index in [4.69, 9.17) is 0 Å². The van der Waals surface area contributed by atoms with Crippen LogP contribution in [0.15, 0.2) is 35.9 Å². The Balaban J connectivity index is 2.21. The average molecular weight is 271 g/mol. The van der Waals surface area contributed by atoms with Crippen LogP contribution in [0.4, 0.5) is 0 Å². The molecule has 0 amide bonds. The molecule has 20 heavy (non-hydrogen) atoms. The van der Waals surface area contributed by atoms with E-state index in [0.29, 0.717) is 6.04 Å². The third kappa shape index (κ3) is 4.49. The highest BCUT2D eigenvalue weighted by Crippen LogP contribution is 2.29. The van der Waals surface area contributed by atoms with Crippen LogP contribution in [0.1, 0.15) is 69.0 Å². The minimum atomic E-state index is 0.424. The highest BCUT2D eigenvalue weighted by Gasteiger charge is 2.16. The molecule has 1 nitrogen and oxygen atoms in total. The van der Waals surface area contributed by atoms with Gasteiger partial charge in [0.05, 0.1) is 6.04 Å². The first-order valence-corrected chi connectivity index (χ1v) is 8.30. The second-order valence-electron chi connectivity index (χ2n) is 6.03. The van der Waals surface area contributed by atoms with Gasteiger partial charge in [-0.2, -0.15) is 0 Å².